The van der Waals surface area contributed by atoms with Gasteiger partial charge in [0.05, 0.1) is 18.4 Å². The fourth-order valence-electron chi connectivity index (χ4n) is 1.69. The van der Waals surface area contributed by atoms with E-state index in [9.17, 15) is 0 Å². The molecule has 0 bridgehead atoms. The first-order valence-electron chi connectivity index (χ1n) is 5.77. The molecule has 0 aliphatic rings. The molecule has 0 amide bonds. The topological polar surface area (TPSA) is 73.5 Å². The average Bonchev–Trinajstić information content (AvgIpc) is 2.91. The summed E-state index contributed by atoms with van der Waals surface area (Å²) < 4.78 is 3.53. The molecule has 2 heterocycles. The number of aromatic nitrogens is 6. The van der Waals surface area contributed by atoms with Crippen molar-refractivity contribution in [3.05, 3.63) is 17.7 Å². The highest BCUT2D eigenvalue weighted by atomic mass is 15.6. The van der Waals surface area contributed by atoms with Crippen LogP contribution < -0.4 is 5.32 Å². The van der Waals surface area contributed by atoms with Crippen LogP contribution in [0.3, 0.4) is 0 Å². The van der Waals surface area contributed by atoms with E-state index in [4.69, 9.17) is 0 Å². The Balaban J connectivity index is 2.35. The zero-order valence-electron chi connectivity index (χ0n) is 10.4. The molecular formula is C10H17N7. The van der Waals surface area contributed by atoms with Gasteiger partial charge in [-0.05, 0) is 23.4 Å². The van der Waals surface area contributed by atoms with Crippen molar-refractivity contribution in [2.45, 2.75) is 26.8 Å². The fourth-order valence-corrected chi connectivity index (χ4v) is 1.69. The normalized spacial score (nSPS) is 11.0. The van der Waals surface area contributed by atoms with E-state index >= 15 is 0 Å². The van der Waals surface area contributed by atoms with Crippen molar-refractivity contribution in [1.82, 2.24) is 35.3 Å². The van der Waals surface area contributed by atoms with Gasteiger partial charge < -0.3 is 5.32 Å². The van der Waals surface area contributed by atoms with Crippen molar-refractivity contribution >= 4 is 0 Å². The quantitative estimate of drug-likeness (QED) is 0.793. The van der Waals surface area contributed by atoms with Gasteiger partial charge in [-0.25, -0.2) is 0 Å². The highest BCUT2D eigenvalue weighted by molar-refractivity contribution is 5.34. The predicted molar refractivity (Wildman–Crippen MR) is 62.7 cm³/mol. The highest BCUT2D eigenvalue weighted by Gasteiger charge is 2.13. The number of hydrogen-bond donors (Lipinski definition) is 1. The molecule has 92 valence electrons. The molecule has 17 heavy (non-hydrogen) atoms. The third-order valence-corrected chi connectivity index (χ3v) is 2.51. The van der Waals surface area contributed by atoms with Crippen LogP contribution in [0.2, 0.25) is 0 Å². The summed E-state index contributed by atoms with van der Waals surface area (Å²) in [5.41, 5.74) is 1.95. The second-order valence-corrected chi connectivity index (χ2v) is 3.78. The second-order valence-electron chi connectivity index (χ2n) is 3.78. The maximum Gasteiger partial charge on any atom is 0.170 e. The minimum absolute atomic E-state index is 0.654. The van der Waals surface area contributed by atoms with Gasteiger partial charge in [0.25, 0.3) is 0 Å². The van der Waals surface area contributed by atoms with Crippen LogP contribution in [0, 0.1) is 0 Å². The Kier molecular flexibility index (Phi) is 3.48. The monoisotopic (exact) mass is 235 g/mol. The molecule has 0 fully saturated rings. The van der Waals surface area contributed by atoms with Crippen LogP contribution in [0.25, 0.3) is 5.69 Å². The molecule has 0 aliphatic heterocycles. The number of rotatable bonds is 5. The van der Waals surface area contributed by atoms with Crippen LogP contribution in [-0.2, 0) is 20.0 Å². The van der Waals surface area contributed by atoms with E-state index in [2.05, 4.69) is 39.8 Å². The lowest BCUT2D eigenvalue weighted by Crippen LogP contribution is -2.16. The standard InChI is InChI=1S/C10H17N7/c1-4-8-9(7-16(3)13-8)17-10(6-11-5-2)12-14-15-17/h7,11H,4-6H2,1-3H3. The Hall–Kier alpha value is -1.76. The smallest absolute Gasteiger partial charge is 0.170 e. The van der Waals surface area contributed by atoms with Gasteiger partial charge in [0.2, 0.25) is 0 Å². The molecule has 7 nitrogen and oxygen atoms in total. The van der Waals surface area contributed by atoms with Gasteiger partial charge in [-0.15, -0.1) is 5.10 Å². The van der Waals surface area contributed by atoms with Crippen molar-refractivity contribution in [3.8, 4) is 5.69 Å². The average molecular weight is 235 g/mol. The zero-order valence-corrected chi connectivity index (χ0v) is 10.4. The molecule has 0 saturated heterocycles. The largest absolute Gasteiger partial charge is 0.310 e. The van der Waals surface area contributed by atoms with Gasteiger partial charge in [0.15, 0.2) is 5.82 Å². The number of hydrogen-bond acceptors (Lipinski definition) is 5. The molecule has 0 atom stereocenters. The van der Waals surface area contributed by atoms with Crippen LogP contribution in [0.5, 0.6) is 0 Å². The van der Waals surface area contributed by atoms with Crippen LogP contribution in [0.1, 0.15) is 25.4 Å². The summed E-state index contributed by atoms with van der Waals surface area (Å²) in [7, 11) is 1.90. The van der Waals surface area contributed by atoms with Crippen molar-refractivity contribution in [3.63, 3.8) is 0 Å². The summed E-state index contributed by atoms with van der Waals surface area (Å²) in [6.45, 7) is 5.66. The number of aryl methyl sites for hydroxylation is 2. The maximum absolute atomic E-state index is 4.39. The van der Waals surface area contributed by atoms with E-state index in [1.165, 1.54) is 0 Å². The van der Waals surface area contributed by atoms with Gasteiger partial charge in [-0.3, -0.25) is 4.68 Å². The van der Waals surface area contributed by atoms with Gasteiger partial charge in [-0.2, -0.15) is 9.78 Å². The molecule has 2 aromatic rings. The Morgan fingerprint density at radius 3 is 2.88 bits per heavy atom. The third-order valence-electron chi connectivity index (χ3n) is 2.51. The molecular weight excluding hydrogens is 218 g/mol. The molecule has 0 unspecified atom stereocenters. The summed E-state index contributed by atoms with van der Waals surface area (Å²) in [6, 6.07) is 0. The van der Waals surface area contributed by atoms with E-state index in [0.717, 1.165) is 30.2 Å². The van der Waals surface area contributed by atoms with Crippen molar-refractivity contribution in [1.29, 1.82) is 0 Å². The Labute approximate surface area is 99.8 Å². The van der Waals surface area contributed by atoms with Crippen molar-refractivity contribution in [2.24, 2.45) is 7.05 Å². The van der Waals surface area contributed by atoms with E-state index in [-0.39, 0.29) is 0 Å². The Morgan fingerprint density at radius 1 is 1.35 bits per heavy atom. The summed E-state index contributed by atoms with van der Waals surface area (Å²) in [6.07, 6.45) is 2.79. The molecule has 0 spiro atoms. The molecule has 1 N–H and O–H groups in total. The summed E-state index contributed by atoms with van der Waals surface area (Å²) in [4.78, 5) is 0. The lowest BCUT2D eigenvalue weighted by atomic mass is 10.3. The zero-order chi connectivity index (χ0) is 12.3. The van der Waals surface area contributed by atoms with Crippen LogP contribution in [0.4, 0.5) is 0 Å². The minimum Gasteiger partial charge on any atom is -0.310 e. The Bertz CT molecular complexity index is 485. The van der Waals surface area contributed by atoms with Crippen molar-refractivity contribution in [2.75, 3.05) is 6.54 Å². The lowest BCUT2D eigenvalue weighted by Gasteiger charge is -2.03. The summed E-state index contributed by atoms with van der Waals surface area (Å²) in [5.74, 6) is 0.801. The van der Waals surface area contributed by atoms with Gasteiger partial charge >= 0.3 is 0 Å². The summed E-state index contributed by atoms with van der Waals surface area (Å²) >= 11 is 0. The molecule has 7 heteroatoms. The third kappa shape index (κ3) is 2.33. The molecule has 0 radical (unpaired) electrons. The molecule has 2 aromatic heterocycles. The van der Waals surface area contributed by atoms with E-state index in [1.807, 2.05) is 13.2 Å². The first-order valence-corrected chi connectivity index (χ1v) is 5.77. The van der Waals surface area contributed by atoms with Crippen LogP contribution in [-0.4, -0.2) is 36.5 Å². The van der Waals surface area contributed by atoms with Crippen LogP contribution >= 0.6 is 0 Å². The predicted octanol–water partition coefficient (Wildman–Crippen LogP) is 0.0677. The van der Waals surface area contributed by atoms with Crippen LogP contribution in [0.15, 0.2) is 6.20 Å². The fraction of sp³-hybridized carbons (Fsp3) is 0.600. The number of nitrogens with zero attached hydrogens (tertiary/aromatic N) is 6. The first-order chi connectivity index (χ1) is 8.26. The molecule has 0 aliphatic carbocycles. The number of tetrazole rings is 1. The highest BCUT2D eigenvalue weighted by Crippen LogP contribution is 2.13. The SMILES string of the molecule is CCNCc1nnnn1-c1cn(C)nc1CC. The minimum atomic E-state index is 0.654. The first kappa shape index (κ1) is 11.7. The number of nitrogens with one attached hydrogen (secondary N) is 1. The molecule has 2 rings (SSSR count). The van der Waals surface area contributed by atoms with E-state index in [0.29, 0.717) is 6.54 Å². The van der Waals surface area contributed by atoms with Gasteiger partial charge in [0, 0.05) is 7.05 Å². The Morgan fingerprint density at radius 2 is 2.18 bits per heavy atom. The molecule has 0 aromatic carbocycles. The van der Waals surface area contributed by atoms with E-state index < -0.39 is 0 Å². The lowest BCUT2D eigenvalue weighted by molar-refractivity contribution is 0.662. The van der Waals surface area contributed by atoms with Gasteiger partial charge in [0.1, 0.15) is 5.69 Å². The van der Waals surface area contributed by atoms with Gasteiger partial charge in [-0.1, -0.05) is 13.8 Å². The summed E-state index contributed by atoms with van der Waals surface area (Å²) in [5, 5.41) is 19.4. The molecule has 0 saturated carbocycles. The van der Waals surface area contributed by atoms with E-state index in [1.54, 1.807) is 9.36 Å². The maximum atomic E-state index is 4.39. The van der Waals surface area contributed by atoms with Crippen molar-refractivity contribution < 1.29 is 0 Å². The second kappa shape index (κ2) is 5.05.